The van der Waals surface area contributed by atoms with Gasteiger partial charge in [0.05, 0.1) is 0 Å². The molecule has 5 nitrogen and oxygen atoms in total. The fraction of sp³-hybridized carbons (Fsp3) is 0.312. The molecule has 1 aromatic heterocycles. The number of ketones is 1. The van der Waals surface area contributed by atoms with E-state index in [1.807, 2.05) is 36.5 Å². The molecule has 1 aliphatic carbocycles. The standard InChI is InChI=1S/C32H34N2O3/c1-3-8-23-14-13-22(2)30(19-23)36-21-27-25-11-7-12-28(35)26(25)15-16-29(27)37-31(20-32-33-17-18-34-32)24-9-5-4-6-10-24/h4-6,9-10,13-19,31H,3,7-8,11-12,20-21H2,1-2H3,(H,33,34). The summed E-state index contributed by atoms with van der Waals surface area (Å²) in [6.07, 6.45) is 8.35. The lowest BCUT2D eigenvalue weighted by Gasteiger charge is -2.25. The van der Waals surface area contributed by atoms with Crippen LogP contribution < -0.4 is 9.47 Å². The average Bonchev–Trinajstić information content (AvgIpc) is 3.43. The summed E-state index contributed by atoms with van der Waals surface area (Å²) in [6.45, 7) is 4.61. The Kier molecular flexibility index (Phi) is 7.69. The van der Waals surface area contributed by atoms with Crippen LogP contribution in [0.25, 0.3) is 0 Å². The number of carbonyl (C=O) groups excluding carboxylic acids is 1. The maximum absolute atomic E-state index is 12.8. The van der Waals surface area contributed by atoms with Gasteiger partial charge in [0.25, 0.3) is 0 Å². The number of rotatable bonds is 10. The third kappa shape index (κ3) is 5.77. The molecule has 0 fully saturated rings. The molecule has 1 aliphatic rings. The number of nitrogens with zero attached hydrogens (tertiary/aromatic N) is 1. The van der Waals surface area contributed by atoms with E-state index < -0.39 is 0 Å². The van der Waals surface area contributed by atoms with Crippen molar-refractivity contribution < 1.29 is 14.3 Å². The van der Waals surface area contributed by atoms with Gasteiger partial charge in [-0.2, -0.15) is 0 Å². The Bertz CT molecular complexity index is 1350. The summed E-state index contributed by atoms with van der Waals surface area (Å²) in [4.78, 5) is 20.4. The Balaban J connectivity index is 1.50. The van der Waals surface area contributed by atoms with Crippen LogP contribution in [0, 0.1) is 6.92 Å². The molecule has 1 N–H and O–H groups in total. The maximum Gasteiger partial charge on any atom is 0.163 e. The van der Waals surface area contributed by atoms with Crippen molar-refractivity contribution in [3.8, 4) is 11.5 Å². The number of carbonyl (C=O) groups is 1. The molecule has 0 aliphatic heterocycles. The third-order valence-corrected chi connectivity index (χ3v) is 7.06. The number of fused-ring (bicyclic) bond motifs is 1. The normalized spacial score (nSPS) is 13.7. The van der Waals surface area contributed by atoms with E-state index in [2.05, 4.69) is 54.1 Å². The van der Waals surface area contributed by atoms with Gasteiger partial charge in [-0.15, -0.1) is 0 Å². The van der Waals surface area contributed by atoms with Crippen molar-refractivity contribution in [3.63, 3.8) is 0 Å². The summed E-state index contributed by atoms with van der Waals surface area (Å²) in [5, 5.41) is 0. The van der Waals surface area contributed by atoms with Crippen molar-refractivity contribution in [2.24, 2.45) is 0 Å². The Hall–Kier alpha value is -3.86. The lowest BCUT2D eigenvalue weighted by molar-refractivity contribution is 0.0971. The van der Waals surface area contributed by atoms with Gasteiger partial charge in [-0.05, 0) is 66.6 Å². The van der Waals surface area contributed by atoms with Gasteiger partial charge in [-0.1, -0.05) is 55.8 Å². The highest BCUT2D eigenvalue weighted by atomic mass is 16.5. The molecule has 0 bridgehead atoms. The van der Waals surface area contributed by atoms with Crippen LogP contribution in [0.5, 0.6) is 11.5 Å². The molecule has 1 unspecified atom stereocenters. The topological polar surface area (TPSA) is 64.2 Å². The van der Waals surface area contributed by atoms with Crippen molar-refractivity contribution in [3.05, 3.63) is 112 Å². The van der Waals surface area contributed by atoms with E-state index >= 15 is 0 Å². The van der Waals surface area contributed by atoms with E-state index in [0.29, 0.717) is 19.4 Å². The van der Waals surface area contributed by atoms with Crippen molar-refractivity contribution >= 4 is 5.78 Å². The highest BCUT2D eigenvalue weighted by molar-refractivity contribution is 5.99. The summed E-state index contributed by atoms with van der Waals surface area (Å²) >= 11 is 0. The van der Waals surface area contributed by atoms with E-state index in [9.17, 15) is 4.79 Å². The number of ether oxygens (including phenoxy) is 2. The van der Waals surface area contributed by atoms with Crippen LogP contribution in [-0.2, 0) is 25.9 Å². The van der Waals surface area contributed by atoms with Gasteiger partial charge in [0.1, 0.15) is 30.0 Å². The minimum Gasteiger partial charge on any atom is -0.488 e. The van der Waals surface area contributed by atoms with Crippen molar-refractivity contribution in [1.29, 1.82) is 0 Å². The number of Topliss-reactive ketones (excluding diaryl/α,β-unsaturated/α-hetero) is 1. The zero-order chi connectivity index (χ0) is 25.6. The summed E-state index contributed by atoms with van der Waals surface area (Å²) < 4.78 is 13.2. The third-order valence-electron chi connectivity index (χ3n) is 7.06. The number of aromatic nitrogens is 2. The summed E-state index contributed by atoms with van der Waals surface area (Å²) in [5.74, 6) is 2.71. The van der Waals surface area contributed by atoms with Crippen LogP contribution in [0.1, 0.15) is 76.3 Å². The number of imidazole rings is 1. The zero-order valence-corrected chi connectivity index (χ0v) is 21.6. The second-order valence-corrected chi connectivity index (χ2v) is 9.74. The number of H-pyrrole nitrogens is 1. The van der Waals surface area contributed by atoms with Crippen LogP contribution >= 0.6 is 0 Å². The first-order valence-electron chi connectivity index (χ1n) is 13.2. The number of nitrogens with one attached hydrogen (secondary N) is 1. The van der Waals surface area contributed by atoms with Gasteiger partial charge >= 0.3 is 0 Å². The molecule has 0 saturated carbocycles. The van der Waals surface area contributed by atoms with Crippen LogP contribution in [-0.4, -0.2) is 15.8 Å². The Morgan fingerprint density at radius 3 is 2.68 bits per heavy atom. The van der Waals surface area contributed by atoms with Crippen LogP contribution in [0.4, 0.5) is 0 Å². The van der Waals surface area contributed by atoms with Crippen molar-refractivity contribution in [2.75, 3.05) is 0 Å². The molecule has 0 amide bonds. The largest absolute Gasteiger partial charge is 0.488 e. The quantitative estimate of drug-likeness (QED) is 0.255. The molecule has 0 saturated heterocycles. The Morgan fingerprint density at radius 1 is 1.03 bits per heavy atom. The lowest BCUT2D eigenvalue weighted by atomic mass is 9.87. The van der Waals surface area contributed by atoms with Crippen molar-refractivity contribution in [1.82, 2.24) is 9.97 Å². The highest BCUT2D eigenvalue weighted by Crippen LogP contribution is 2.36. The first kappa shape index (κ1) is 24.8. The lowest BCUT2D eigenvalue weighted by Crippen LogP contribution is -2.18. The van der Waals surface area contributed by atoms with E-state index in [-0.39, 0.29) is 11.9 Å². The molecule has 3 aromatic carbocycles. The van der Waals surface area contributed by atoms with Gasteiger partial charge < -0.3 is 14.5 Å². The molecule has 190 valence electrons. The molecule has 5 rings (SSSR count). The summed E-state index contributed by atoms with van der Waals surface area (Å²) in [5.41, 5.74) is 6.27. The molecule has 0 spiro atoms. The number of hydrogen-bond donors (Lipinski definition) is 1. The SMILES string of the molecule is CCCc1ccc(C)c(OCc2c(OC(Cc3ncc[nH]3)c3ccccc3)ccc3c2CCCC3=O)c1. The monoisotopic (exact) mass is 494 g/mol. The van der Waals surface area contributed by atoms with E-state index in [0.717, 1.165) is 70.8 Å². The van der Waals surface area contributed by atoms with E-state index in [1.54, 1.807) is 6.20 Å². The smallest absolute Gasteiger partial charge is 0.163 e. The highest BCUT2D eigenvalue weighted by Gasteiger charge is 2.25. The Morgan fingerprint density at radius 2 is 1.89 bits per heavy atom. The summed E-state index contributed by atoms with van der Waals surface area (Å²) in [6, 6.07) is 20.5. The molecule has 5 heteroatoms. The number of aromatic amines is 1. The second kappa shape index (κ2) is 11.5. The van der Waals surface area contributed by atoms with E-state index in [1.165, 1.54) is 5.56 Å². The molecule has 4 aromatic rings. The predicted octanol–water partition coefficient (Wildman–Crippen LogP) is 7.13. The fourth-order valence-electron chi connectivity index (χ4n) is 5.08. The van der Waals surface area contributed by atoms with Gasteiger partial charge in [0.2, 0.25) is 0 Å². The number of hydrogen-bond acceptors (Lipinski definition) is 4. The zero-order valence-electron chi connectivity index (χ0n) is 21.6. The minimum absolute atomic E-state index is 0.199. The minimum atomic E-state index is -0.238. The predicted molar refractivity (Wildman–Crippen MR) is 145 cm³/mol. The number of benzene rings is 3. The van der Waals surface area contributed by atoms with Crippen LogP contribution in [0.15, 0.2) is 73.1 Å². The Labute approximate surface area is 218 Å². The number of aryl methyl sites for hydroxylation is 2. The fourth-order valence-corrected chi connectivity index (χ4v) is 5.08. The van der Waals surface area contributed by atoms with Gasteiger partial charge in [-0.25, -0.2) is 4.98 Å². The molecule has 1 atom stereocenters. The molecular weight excluding hydrogens is 460 g/mol. The van der Waals surface area contributed by atoms with Gasteiger partial charge in [0, 0.05) is 36.4 Å². The molecule has 0 radical (unpaired) electrons. The first-order chi connectivity index (χ1) is 18.1. The average molecular weight is 495 g/mol. The van der Waals surface area contributed by atoms with Crippen LogP contribution in [0.3, 0.4) is 0 Å². The molecule has 37 heavy (non-hydrogen) atoms. The second-order valence-electron chi connectivity index (χ2n) is 9.74. The molecular formula is C32H34N2O3. The van der Waals surface area contributed by atoms with E-state index in [4.69, 9.17) is 9.47 Å². The maximum atomic E-state index is 12.8. The van der Waals surface area contributed by atoms with Crippen molar-refractivity contribution in [2.45, 2.75) is 65.1 Å². The van der Waals surface area contributed by atoms with Crippen LogP contribution in [0.2, 0.25) is 0 Å². The molecule has 1 heterocycles. The van der Waals surface area contributed by atoms with Gasteiger partial charge in [0.15, 0.2) is 5.78 Å². The first-order valence-corrected chi connectivity index (χ1v) is 13.2. The summed E-state index contributed by atoms with van der Waals surface area (Å²) in [7, 11) is 0. The van der Waals surface area contributed by atoms with Gasteiger partial charge in [-0.3, -0.25) is 4.79 Å².